The maximum atomic E-state index is 12.7. The first kappa shape index (κ1) is 21.6. The lowest BCUT2D eigenvalue weighted by molar-refractivity contribution is -0.129. The summed E-state index contributed by atoms with van der Waals surface area (Å²) in [5.74, 6) is -1.30. The zero-order valence-corrected chi connectivity index (χ0v) is 16.6. The average Bonchev–Trinajstić information content (AvgIpc) is 2.64. The smallest absolute Gasteiger partial charge is 0.243 e. The lowest BCUT2D eigenvalue weighted by Crippen LogP contribution is -2.47. The first-order valence-electron chi connectivity index (χ1n) is 8.68. The number of carbonyl (C=O) groups is 2. The number of hydrogen-bond donors (Lipinski definition) is 3. The molecule has 1 aromatic rings. The van der Waals surface area contributed by atoms with Crippen molar-refractivity contribution < 1.29 is 23.1 Å². The van der Waals surface area contributed by atoms with Gasteiger partial charge in [-0.15, -0.1) is 0 Å². The van der Waals surface area contributed by atoms with Crippen molar-refractivity contribution in [2.24, 2.45) is 5.92 Å². The van der Waals surface area contributed by atoms with E-state index < -0.39 is 28.0 Å². The van der Waals surface area contributed by atoms with Gasteiger partial charge in [0.2, 0.25) is 21.8 Å². The number of amides is 2. The van der Waals surface area contributed by atoms with Gasteiger partial charge < -0.3 is 15.7 Å². The second-order valence-electron chi connectivity index (χ2n) is 6.53. The Morgan fingerprint density at radius 1 is 1.30 bits per heavy atom. The number of piperidine rings is 1. The number of halogens is 1. The van der Waals surface area contributed by atoms with Gasteiger partial charge in [0, 0.05) is 24.7 Å². The number of nitrogens with one attached hydrogen (secondary N) is 2. The lowest BCUT2D eigenvalue weighted by Gasteiger charge is -2.31. The van der Waals surface area contributed by atoms with Crippen LogP contribution in [-0.4, -0.2) is 61.9 Å². The van der Waals surface area contributed by atoms with Gasteiger partial charge in [0.25, 0.3) is 0 Å². The number of carbonyl (C=O) groups excluding carboxylic acids is 2. The Hall–Kier alpha value is -1.68. The zero-order valence-electron chi connectivity index (χ0n) is 15.0. The van der Waals surface area contributed by atoms with Gasteiger partial charge >= 0.3 is 0 Å². The van der Waals surface area contributed by atoms with Gasteiger partial charge in [0.15, 0.2) is 0 Å². The van der Waals surface area contributed by atoms with E-state index in [1.54, 1.807) is 0 Å². The molecule has 8 nitrogen and oxygen atoms in total. The summed E-state index contributed by atoms with van der Waals surface area (Å²) in [6.45, 7) is 1.82. The largest absolute Gasteiger partial charge is 0.392 e. The van der Waals surface area contributed by atoms with E-state index in [-0.39, 0.29) is 30.4 Å². The fourth-order valence-corrected chi connectivity index (χ4v) is 4.42. The van der Waals surface area contributed by atoms with E-state index in [4.69, 9.17) is 16.7 Å². The van der Waals surface area contributed by atoms with Gasteiger partial charge in [-0.05, 0) is 44.0 Å². The molecule has 1 aliphatic rings. The molecule has 1 aromatic carbocycles. The molecule has 0 saturated carbocycles. The summed E-state index contributed by atoms with van der Waals surface area (Å²) in [6.07, 6.45) is 0.432. The minimum absolute atomic E-state index is 0.0616. The molecule has 1 heterocycles. The van der Waals surface area contributed by atoms with Crippen LogP contribution in [-0.2, 0) is 19.6 Å². The summed E-state index contributed by atoms with van der Waals surface area (Å²) in [7, 11) is -3.71. The number of nitrogens with zero attached hydrogens (tertiary/aromatic N) is 1. The van der Waals surface area contributed by atoms with E-state index in [9.17, 15) is 18.0 Å². The quantitative estimate of drug-likeness (QED) is 0.592. The minimum Gasteiger partial charge on any atom is -0.392 e. The summed E-state index contributed by atoms with van der Waals surface area (Å²) < 4.78 is 26.8. The Morgan fingerprint density at radius 2 is 1.96 bits per heavy atom. The maximum absolute atomic E-state index is 12.7. The molecule has 0 aliphatic carbocycles. The van der Waals surface area contributed by atoms with Crippen LogP contribution >= 0.6 is 11.6 Å². The first-order valence-corrected chi connectivity index (χ1v) is 10.5. The standard InChI is InChI=1S/C17H24ClN3O5S/c1-12(22)9-19-16(23)10-20-17(24)13-3-2-8-21(11-13)27(25,26)15-6-4-14(18)5-7-15/h4-7,12-13,22H,2-3,8-11H2,1H3,(H,19,23)(H,20,24). The molecular weight excluding hydrogens is 394 g/mol. The summed E-state index contributed by atoms with van der Waals surface area (Å²) in [6, 6.07) is 5.89. The van der Waals surface area contributed by atoms with Crippen LogP contribution in [0.5, 0.6) is 0 Å². The Kier molecular flexibility index (Phi) is 7.60. The van der Waals surface area contributed by atoms with Crippen LogP contribution in [0.4, 0.5) is 0 Å². The van der Waals surface area contributed by atoms with Crippen molar-refractivity contribution in [3.8, 4) is 0 Å². The predicted molar refractivity (Wildman–Crippen MR) is 101 cm³/mol. The number of aliphatic hydroxyl groups excluding tert-OH is 1. The number of sulfonamides is 1. The van der Waals surface area contributed by atoms with Gasteiger partial charge in [-0.3, -0.25) is 9.59 Å². The maximum Gasteiger partial charge on any atom is 0.243 e. The molecule has 150 valence electrons. The van der Waals surface area contributed by atoms with E-state index in [0.717, 1.165) is 0 Å². The Bertz CT molecular complexity index is 767. The number of benzene rings is 1. The van der Waals surface area contributed by atoms with Crippen LogP contribution in [0.3, 0.4) is 0 Å². The van der Waals surface area contributed by atoms with Crippen molar-refractivity contribution in [3.05, 3.63) is 29.3 Å². The molecule has 2 unspecified atom stereocenters. The topological polar surface area (TPSA) is 116 Å². The summed E-state index contributed by atoms with van der Waals surface area (Å²) in [4.78, 5) is 24.1. The Morgan fingerprint density at radius 3 is 2.59 bits per heavy atom. The van der Waals surface area contributed by atoms with Crippen molar-refractivity contribution in [3.63, 3.8) is 0 Å². The molecule has 2 amide bonds. The highest BCUT2D eigenvalue weighted by atomic mass is 35.5. The highest BCUT2D eigenvalue weighted by molar-refractivity contribution is 7.89. The number of hydrogen-bond acceptors (Lipinski definition) is 5. The first-order chi connectivity index (χ1) is 12.7. The van der Waals surface area contributed by atoms with Crippen LogP contribution in [0.25, 0.3) is 0 Å². The molecule has 0 aromatic heterocycles. The van der Waals surface area contributed by atoms with Crippen LogP contribution in [0, 0.1) is 5.92 Å². The summed E-state index contributed by atoms with van der Waals surface area (Å²) >= 11 is 5.80. The molecular formula is C17H24ClN3O5S. The molecule has 1 fully saturated rings. The van der Waals surface area contributed by atoms with Crippen molar-refractivity contribution in [1.29, 1.82) is 0 Å². The van der Waals surface area contributed by atoms with E-state index in [2.05, 4.69) is 10.6 Å². The van der Waals surface area contributed by atoms with Crippen LogP contribution in [0.2, 0.25) is 5.02 Å². The third-order valence-electron chi connectivity index (χ3n) is 4.22. The molecule has 0 spiro atoms. The molecule has 2 atom stereocenters. The normalized spacial score (nSPS) is 19.3. The van der Waals surface area contributed by atoms with Gasteiger partial charge in [-0.2, -0.15) is 4.31 Å². The van der Waals surface area contributed by atoms with E-state index in [1.807, 2.05) is 0 Å². The molecule has 3 N–H and O–H groups in total. The van der Waals surface area contributed by atoms with Crippen molar-refractivity contribution in [1.82, 2.24) is 14.9 Å². The van der Waals surface area contributed by atoms with Gasteiger partial charge in [-0.1, -0.05) is 11.6 Å². The zero-order chi connectivity index (χ0) is 20.0. The molecule has 10 heteroatoms. The van der Waals surface area contributed by atoms with Crippen molar-refractivity contribution >= 4 is 33.4 Å². The number of aliphatic hydroxyl groups is 1. The lowest BCUT2D eigenvalue weighted by atomic mass is 9.99. The van der Waals surface area contributed by atoms with E-state index in [0.29, 0.717) is 24.4 Å². The third-order valence-corrected chi connectivity index (χ3v) is 6.36. The second kappa shape index (κ2) is 9.50. The molecule has 1 aliphatic heterocycles. The van der Waals surface area contributed by atoms with Gasteiger partial charge in [0.05, 0.1) is 23.5 Å². The molecule has 2 rings (SSSR count). The van der Waals surface area contributed by atoms with Crippen LogP contribution in [0.1, 0.15) is 19.8 Å². The monoisotopic (exact) mass is 417 g/mol. The van der Waals surface area contributed by atoms with Crippen LogP contribution < -0.4 is 10.6 Å². The Balaban J connectivity index is 1.93. The van der Waals surface area contributed by atoms with E-state index >= 15 is 0 Å². The average molecular weight is 418 g/mol. The minimum atomic E-state index is -3.71. The molecule has 0 radical (unpaired) electrons. The molecule has 27 heavy (non-hydrogen) atoms. The second-order valence-corrected chi connectivity index (χ2v) is 8.90. The van der Waals surface area contributed by atoms with Gasteiger partial charge in [-0.25, -0.2) is 8.42 Å². The third kappa shape index (κ3) is 6.17. The highest BCUT2D eigenvalue weighted by Crippen LogP contribution is 2.24. The fraction of sp³-hybridized carbons (Fsp3) is 0.529. The van der Waals surface area contributed by atoms with E-state index in [1.165, 1.54) is 35.5 Å². The van der Waals surface area contributed by atoms with Crippen molar-refractivity contribution in [2.75, 3.05) is 26.2 Å². The van der Waals surface area contributed by atoms with Crippen molar-refractivity contribution in [2.45, 2.75) is 30.8 Å². The fourth-order valence-electron chi connectivity index (χ4n) is 2.77. The molecule has 1 saturated heterocycles. The summed E-state index contributed by atoms with van der Waals surface area (Å²) in [5, 5.41) is 14.6. The predicted octanol–water partition coefficient (Wildman–Crippen LogP) is 0.354. The SMILES string of the molecule is CC(O)CNC(=O)CNC(=O)C1CCCN(S(=O)(=O)c2ccc(Cl)cc2)C1. The van der Waals surface area contributed by atoms with Gasteiger partial charge in [0.1, 0.15) is 0 Å². The molecule has 0 bridgehead atoms. The highest BCUT2D eigenvalue weighted by Gasteiger charge is 2.33. The Labute approximate surface area is 163 Å². The summed E-state index contributed by atoms with van der Waals surface area (Å²) in [5.41, 5.74) is 0. The number of rotatable bonds is 7. The van der Waals surface area contributed by atoms with Crippen LogP contribution in [0.15, 0.2) is 29.2 Å².